The number of nitrogens with zero attached hydrogens (tertiary/aromatic N) is 1. The molecule has 2 aromatic carbocycles. The Morgan fingerprint density at radius 1 is 1.12 bits per heavy atom. The third-order valence-corrected chi connectivity index (χ3v) is 6.53. The number of fused-ring (bicyclic) bond motifs is 1. The van der Waals surface area contributed by atoms with E-state index in [4.69, 9.17) is 12.6 Å². The molecule has 3 N–H and O–H groups in total. The van der Waals surface area contributed by atoms with Crippen LogP contribution in [-0.4, -0.2) is 60.1 Å². The number of aryl methyl sites for hydroxylation is 1. The van der Waals surface area contributed by atoms with E-state index >= 15 is 0 Å². The van der Waals surface area contributed by atoms with Gasteiger partial charge in [-0.2, -0.15) is 17.3 Å². The molecule has 0 aliphatic heterocycles. The number of carboxylic acid groups (broad SMARTS) is 1. The zero-order valence-electron chi connectivity index (χ0n) is 23.5. The molecule has 0 radical (unpaired) electrons. The topological polar surface area (TPSA) is 216 Å². The second kappa shape index (κ2) is 17.8. The molecule has 2 aromatic rings. The maximum atomic E-state index is 13.3. The van der Waals surface area contributed by atoms with Gasteiger partial charge in [-0.25, -0.2) is 8.42 Å². The third kappa shape index (κ3) is 11.8. The van der Waals surface area contributed by atoms with Crippen LogP contribution in [0.25, 0.3) is 6.08 Å². The largest absolute Gasteiger partial charge is 1.00 e. The molecule has 3 rings (SSSR count). The number of aliphatic carboxylic acids is 1. The number of rotatable bonds is 9. The van der Waals surface area contributed by atoms with E-state index in [0.29, 0.717) is 12.1 Å². The second-order valence-electron chi connectivity index (χ2n) is 8.70. The van der Waals surface area contributed by atoms with Gasteiger partial charge in [-0.05, 0) is 38.0 Å². The van der Waals surface area contributed by atoms with Crippen molar-refractivity contribution in [1.29, 1.82) is 0 Å². The van der Waals surface area contributed by atoms with E-state index in [1.807, 2.05) is 19.1 Å². The summed E-state index contributed by atoms with van der Waals surface area (Å²) >= 11 is 0. The fourth-order valence-corrected chi connectivity index (χ4v) is 4.14. The van der Waals surface area contributed by atoms with Gasteiger partial charge in [-0.3, -0.25) is 15.0 Å². The van der Waals surface area contributed by atoms with Crippen molar-refractivity contribution in [2.45, 2.75) is 44.6 Å². The van der Waals surface area contributed by atoms with E-state index in [2.05, 4.69) is 21.9 Å². The molecule has 0 fully saturated rings. The number of carbonyl (C=O) groups excluding carboxylic acids is 2. The van der Waals surface area contributed by atoms with Crippen molar-refractivity contribution in [2.75, 3.05) is 5.43 Å². The number of carbonyl (C=O) groups is 3. The number of amides is 1. The predicted molar refractivity (Wildman–Crippen MR) is 141 cm³/mol. The molecule has 42 heavy (non-hydrogen) atoms. The van der Waals surface area contributed by atoms with Crippen molar-refractivity contribution >= 4 is 55.9 Å². The van der Waals surface area contributed by atoms with Crippen molar-refractivity contribution in [1.82, 2.24) is 5.32 Å². The van der Waals surface area contributed by atoms with Crippen LogP contribution in [0.5, 0.6) is 0 Å². The third-order valence-electron chi connectivity index (χ3n) is 5.72. The molecule has 1 amide bonds. The van der Waals surface area contributed by atoms with E-state index in [9.17, 15) is 32.5 Å². The summed E-state index contributed by atoms with van der Waals surface area (Å²) in [5.41, 5.74) is 3.80. The first-order valence-electron chi connectivity index (χ1n) is 11.6. The van der Waals surface area contributed by atoms with Crippen LogP contribution < -0.4 is 69.9 Å². The molecule has 0 heterocycles. The van der Waals surface area contributed by atoms with Gasteiger partial charge in [0, 0.05) is 22.2 Å². The number of anilines is 1. The summed E-state index contributed by atoms with van der Waals surface area (Å²) in [5.74, 6) is -3.28. The summed E-state index contributed by atoms with van der Waals surface area (Å²) in [6.45, 7) is 5.16. The molecule has 0 spiro atoms. The number of carboxylic acids is 1. The van der Waals surface area contributed by atoms with Gasteiger partial charge in [-0.1, -0.05) is 43.2 Å². The molecule has 214 valence electrons. The molecule has 2 atom stereocenters. The van der Waals surface area contributed by atoms with E-state index in [-0.39, 0.29) is 87.9 Å². The Kier molecular flexibility index (Phi) is 16.9. The van der Waals surface area contributed by atoms with E-state index < -0.39 is 55.2 Å². The summed E-state index contributed by atoms with van der Waals surface area (Å²) in [4.78, 5) is 37.0. The number of allylic oxidation sites excluding steroid dienone is 1. The number of nitrogens with one attached hydrogen (secondary N) is 2. The van der Waals surface area contributed by atoms with Crippen molar-refractivity contribution in [3.05, 3.63) is 64.7 Å². The van der Waals surface area contributed by atoms with Crippen molar-refractivity contribution in [2.24, 2.45) is 11.0 Å². The maximum Gasteiger partial charge on any atom is 1.00 e. The molecule has 2 unspecified atom stereocenters. The number of benzene rings is 2. The van der Waals surface area contributed by atoms with Crippen LogP contribution in [0.3, 0.4) is 0 Å². The van der Waals surface area contributed by atoms with E-state index in [0.717, 1.165) is 17.7 Å². The standard InChI is InChI=1S/C25H26N3O7S.2Na.O3S/c1-4-17(11-15(3)25(31)32)26-24(30)20-13-19(36(33,34)35)12-16-7-10-21(23(29)22(16)20)28-27-18-8-5-14(2)6-9-18;;;1-4(2)3/h5-9,12-13,15,17,27H,4,11H2,1-3H3,(H,26,30)(H,31,32)(H,33,34,35);;;/q-1;2*+1;/p-1. The summed E-state index contributed by atoms with van der Waals surface area (Å²) in [5, 5.41) is 15.9. The van der Waals surface area contributed by atoms with Crippen LogP contribution in [0.2, 0.25) is 0 Å². The summed E-state index contributed by atoms with van der Waals surface area (Å²) in [7, 11) is -8.06. The molecule has 17 heteroatoms. The number of ketones is 1. The molecular weight excluding hydrogens is 612 g/mol. The molecule has 0 aromatic heterocycles. The van der Waals surface area contributed by atoms with Crippen LogP contribution >= 0.6 is 0 Å². The van der Waals surface area contributed by atoms with Gasteiger partial charge in [0.05, 0.1) is 17.4 Å². The minimum Gasteiger partial charge on any atom is -0.744 e. The van der Waals surface area contributed by atoms with Gasteiger partial charge in [-0.15, -0.1) is 18.2 Å². The Balaban J connectivity index is 0.00000263. The molecular formula is C25H25N3Na2O10S2. The van der Waals surface area contributed by atoms with Crippen LogP contribution in [0, 0.1) is 18.9 Å². The first kappa shape index (κ1) is 39.8. The molecule has 0 saturated carbocycles. The van der Waals surface area contributed by atoms with E-state index in [1.54, 1.807) is 19.1 Å². The van der Waals surface area contributed by atoms with Crippen molar-refractivity contribution < 1.29 is 104 Å². The Morgan fingerprint density at radius 3 is 2.19 bits per heavy atom. The van der Waals surface area contributed by atoms with Crippen molar-refractivity contribution in [3.8, 4) is 0 Å². The summed E-state index contributed by atoms with van der Waals surface area (Å²) in [6, 6.07) is 8.52. The Labute approximate surface area is 288 Å². The maximum absolute atomic E-state index is 13.3. The monoisotopic (exact) mass is 637 g/mol. The molecule has 1 aliphatic carbocycles. The van der Waals surface area contributed by atoms with Crippen molar-refractivity contribution in [3.63, 3.8) is 0 Å². The normalized spacial score (nSPS) is 14.1. The van der Waals surface area contributed by atoms with Crippen LogP contribution in [-0.2, 0) is 25.5 Å². The van der Waals surface area contributed by atoms with Crippen LogP contribution in [0.15, 0.2) is 46.4 Å². The predicted octanol–water partition coefficient (Wildman–Crippen LogP) is -4.00. The average Bonchev–Trinajstić information content (AvgIpc) is 2.87. The van der Waals surface area contributed by atoms with Gasteiger partial charge in [0.1, 0.15) is 10.1 Å². The average molecular weight is 638 g/mol. The number of hydrazone groups is 1. The summed E-state index contributed by atoms with van der Waals surface area (Å²) < 4.78 is 60.5. The quantitative estimate of drug-likeness (QED) is 0.104. The number of hydrogen-bond donors (Lipinski definition) is 3. The first-order valence-corrected chi connectivity index (χ1v) is 14.0. The smallest absolute Gasteiger partial charge is 0.744 e. The van der Waals surface area contributed by atoms with Gasteiger partial charge in [0.15, 0.2) is 0 Å². The van der Waals surface area contributed by atoms with Gasteiger partial charge in [0.25, 0.3) is 0 Å². The zero-order chi connectivity index (χ0) is 30.2. The van der Waals surface area contributed by atoms with Gasteiger partial charge in [0.2, 0.25) is 5.91 Å². The number of Topliss-reactive ketones (excluding diaryl/α,β-unsaturated/α-hetero) is 1. The first-order chi connectivity index (χ1) is 18.6. The summed E-state index contributed by atoms with van der Waals surface area (Å²) in [6.07, 6.45) is 4.45. The van der Waals surface area contributed by atoms with E-state index in [1.165, 1.54) is 13.0 Å². The molecule has 13 nitrogen and oxygen atoms in total. The minimum atomic E-state index is -4.95. The van der Waals surface area contributed by atoms with Crippen LogP contribution in [0.1, 0.15) is 58.5 Å². The Morgan fingerprint density at radius 2 is 1.69 bits per heavy atom. The molecule has 0 bridgehead atoms. The second-order valence-corrected chi connectivity index (χ2v) is 10.5. The van der Waals surface area contributed by atoms with Gasteiger partial charge < -0.3 is 19.8 Å². The number of hydrogen-bond acceptors (Lipinski definition) is 11. The zero-order valence-corrected chi connectivity index (χ0v) is 29.1. The SMILES string of the molecule is CCC(CC(C)C(=O)O)NC(=O)c1cc(S(=O)(=O)[O-])cc2c1C(=O)C(=NNc1ccc(C)cc1)[C-]=C2.O=S(=O)=O.[Na+].[Na+]. The Bertz CT molecular complexity index is 1590. The molecule has 1 aliphatic rings. The minimum absolute atomic E-state index is 0. The Hall–Kier alpha value is -2.21. The fourth-order valence-electron chi connectivity index (χ4n) is 3.61. The van der Waals surface area contributed by atoms with Gasteiger partial charge >= 0.3 is 75.7 Å². The molecule has 0 saturated heterocycles. The fraction of sp³-hybridized carbons (Fsp3) is 0.280. The van der Waals surface area contributed by atoms with Crippen LogP contribution in [0.4, 0.5) is 5.69 Å².